The van der Waals surface area contributed by atoms with E-state index in [-0.39, 0.29) is 11.8 Å². The molecule has 1 fully saturated rings. The molecule has 1 atom stereocenters. The van der Waals surface area contributed by atoms with E-state index >= 15 is 0 Å². The average molecular weight is 324 g/mol. The van der Waals surface area contributed by atoms with Crippen molar-refractivity contribution in [3.05, 3.63) is 30.0 Å². The van der Waals surface area contributed by atoms with Gasteiger partial charge in [-0.2, -0.15) is 0 Å². The first kappa shape index (κ1) is 15.5. The lowest BCUT2D eigenvalue weighted by molar-refractivity contribution is 0.0585. The minimum atomic E-state index is -3.46. The zero-order valence-corrected chi connectivity index (χ0v) is 13.3. The van der Waals surface area contributed by atoms with Crippen molar-refractivity contribution < 1.29 is 17.7 Å². The summed E-state index contributed by atoms with van der Waals surface area (Å²) in [5, 5.41) is 4.63. The molecule has 0 aliphatic carbocycles. The number of nitrogens with zero attached hydrogens (tertiary/aromatic N) is 1. The lowest BCUT2D eigenvalue weighted by Crippen LogP contribution is -2.40. The Kier molecular flexibility index (Phi) is 4.46. The summed E-state index contributed by atoms with van der Waals surface area (Å²) in [6.45, 7) is 3.31. The fourth-order valence-corrected chi connectivity index (χ4v) is 4.27. The average Bonchev–Trinajstić information content (AvgIpc) is 2.90. The first-order valence-electron chi connectivity index (χ1n) is 7.46. The van der Waals surface area contributed by atoms with Gasteiger partial charge in [-0.05, 0) is 37.8 Å². The molecule has 2 heterocycles. The SMILES string of the molecule is CC(NS(=O)(=O)Cc1noc2ccccc12)C1CCOCC1. The molecule has 1 aliphatic rings. The molecular formula is C15H20N2O4S. The van der Waals surface area contributed by atoms with Crippen molar-refractivity contribution >= 4 is 21.0 Å². The predicted molar refractivity (Wildman–Crippen MR) is 82.8 cm³/mol. The van der Waals surface area contributed by atoms with Gasteiger partial charge in [0.1, 0.15) is 11.4 Å². The second-order valence-corrected chi connectivity index (χ2v) is 7.49. The zero-order valence-electron chi connectivity index (χ0n) is 12.5. The van der Waals surface area contributed by atoms with Gasteiger partial charge in [0.25, 0.3) is 0 Å². The van der Waals surface area contributed by atoms with E-state index in [4.69, 9.17) is 9.26 Å². The monoisotopic (exact) mass is 324 g/mol. The third-order valence-corrected chi connectivity index (χ3v) is 5.50. The number of ether oxygens (including phenoxy) is 1. The van der Waals surface area contributed by atoms with Crippen molar-refractivity contribution in [1.82, 2.24) is 9.88 Å². The van der Waals surface area contributed by atoms with Crippen LogP contribution in [0.4, 0.5) is 0 Å². The Morgan fingerprint density at radius 3 is 2.82 bits per heavy atom. The maximum Gasteiger partial charge on any atom is 0.217 e. The molecule has 6 nitrogen and oxygen atoms in total. The molecule has 22 heavy (non-hydrogen) atoms. The first-order valence-corrected chi connectivity index (χ1v) is 9.11. The molecule has 7 heteroatoms. The Morgan fingerprint density at radius 2 is 2.05 bits per heavy atom. The molecular weight excluding hydrogens is 304 g/mol. The molecule has 1 unspecified atom stereocenters. The predicted octanol–water partition coefficient (Wildman–Crippen LogP) is 2.06. The summed E-state index contributed by atoms with van der Waals surface area (Å²) in [5.74, 6) is 0.148. The van der Waals surface area contributed by atoms with Gasteiger partial charge in [0.2, 0.25) is 10.0 Å². The number of fused-ring (bicyclic) bond motifs is 1. The van der Waals surface area contributed by atoms with Crippen molar-refractivity contribution in [1.29, 1.82) is 0 Å². The van der Waals surface area contributed by atoms with Crippen LogP contribution in [-0.2, 0) is 20.5 Å². The van der Waals surface area contributed by atoms with E-state index in [2.05, 4.69) is 9.88 Å². The number of hydrogen-bond donors (Lipinski definition) is 1. The lowest BCUT2D eigenvalue weighted by atomic mass is 9.94. The Morgan fingerprint density at radius 1 is 1.32 bits per heavy atom. The van der Waals surface area contributed by atoms with Crippen LogP contribution in [0.1, 0.15) is 25.5 Å². The minimum absolute atomic E-state index is 0.105. The first-order chi connectivity index (χ1) is 10.6. The van der Waals surface area contributed by atoms with Crippen molar-refractivity contribution in [2.75, 3.05) is 13.2 Å². The number of aromatic nitrogens is 1. The smallest absolute Gasteiger partial charge is 0.217 e. The van der Waals surface area contributed by atoms with Gasteiger partial charge >= 0.3 is 0 Å². The van der Waals surface area contributed by atoms with Crippen LogP contribution in [0.5, 0.6) is 0 Å². The third-order valence-electron chi connectivity index (χ3n) is 4.12. The highest BCUT2D eigenvalue weighted by molar-refractivity contribution is 7.88. The molecule has 2 aromatic rings. The Labute approximate surface area is 129 Å². The minimum Gasteiger partial charge on any atom is -0.381 e. The van der Waals surface area contributed by atoms with Crippen LogP contribution in [0.2, 0.25) is 0 Å². The fraction of sp³-hybridized carbons (Fsp3) is 0.533. The van der Waals surface area contributed by atoms with E-state index in [1.165, 1.54) is 0 Å². The molecule has 0 radical (unpaired) electrons. The van der Waals surface area contributed by atoms with Gasteiger partial charge in [-0.15, -0.1) is 0 Å². The number of nitrogens with one attached hydrogen (secondary N) is 1. The van der Waals surface area contributed by atoms with Crippen LogP contribution < -0.4 is 4.72 Å². The van der Waals surface area contributed by atoms with Crippen molar-refractivity contribution in [2.24, 2.45) is 5.92 Å². The second-order valence-electron chi connectivity index (χ2n) is 5.74. The van der Waals surface area contributed by atoms with E-state index in [1.54, 1.807) is 6.07 Å². The quantitative estimate of drug-likeness (QED) is 0.910. The van der Waals surface area contributed by atoms with Gasteiger partial charge in [-0.25, -0.2) is 13.1 Å². The van der Waals surface area contributed by atoms with Gasteiger partial charge in [0.15, 0.2) is 5.58 Å². The molecule has 120 valence electrons. The van der Waals surface area contributed by atoms with Crippen molar-refractivity contribution in [2.45, 2.75) is 31.6 Å². The van der Waals surface area contributed by atoms with Gasteiger partial charge < -0.3 is 9.26 Å². The normalized spacial score (nSPS) is 18.6. The third kappa shape index (κ3) is 3.48. The van der Waals surface area contributed by atoms with Crippen LogP contribution in [0, 0.1) is 5.92 Å². The molecule has 1 aliphatic heterocycles. The zero-order chi connectivity index (χ0) is 15.6. The van der Waals surface area contributed by atoms with Gasteiger partial charge in [-0.3, -0.25) is 0 Å². The molecule has 1 N–H and O–H groups in total. The summed E-state index contributed by atoms with van der Waals surface area (Å²) in [5.41, 5.74) is 1.05. The summed E-state index contributed by atoms with van der Waals surface area (Å²) >= 11 is 0. The maximum atomic E-state index is 12.4. The molecule has 1 aromatic carbocycles. The Hall–Kier alpha value is -1.44. The van der Waals surface area contributed by atoms with E-state index in [0.29, 0.717) is 30.4 Å². The second kappa shape index (κ2) is 6.36. The van der Waals surface area contributed by atoms with Gasteiger partial charge in [-0.1, -0.05) is 17.3 Å². The van der Waals surface area contributed by atoms with Crippen LogP contribution in [-0.4, -0.2) is 32.8 Å². The number of para-hydroxylation sites is 1. The van der Waals surface area contributed by atoms with E-state index < -0.39 is 10.0 Å². The summed E-state index contributed by atoms with van der Waals surface area (Å²) in [4.78, 5) is 0. The van der Waals surface area contributed by atoms with Gasteiger partial charge in [0.05, 0.1) is 0 Å². The topological polar surface area (TPSA) is 81.4 Å². The van der Waals surface area contributed by atoms with Crippen molar-refractivity contribution in [3.63, 3.8) is 0 Å². The Balaban J connectivity index is 1.70. The summed E-state index contributed by atoms with van der Waals surface area (Å²) in [7, 11) is -3.46. The van der Waals surface area contributed by atoms with Crippen LogP contribution in [0.3, 0.4) is 0 Å². The van der Waals surface area contributed by atoms with E-state index in [0.717, 1.165) is 18.2 Å². The molecule has 3 rings (SSSR count). The maximum absolute atomic E-state index is 12.4. The van der Waals surface area contributed by atoms with Gasteiger partial charge in [0, 0.05) is 24.6 Å². The van der Waals surface area contributed by atoms with Crippen LogP contribution >= 0.6 is 0 Å². The molecule has 1 saturated heterocycles. The highest BCUT2D eigenvalue weighted by Gasteiger charge is 2.25. The fourth-order valence-electron chi connectivity index (χ4n) is 2.86. The molecule has 0 spiro atoms. The number of rotatable bonds is 5. The van der Waals surface area contributed by atoms with E-state index in [9.17, 15) is 8.42 Å². The summed E-state index contributed by atoms with van der Waals surface area (Å²) in [6, 6.07) is 7.16. The Bertz CT molecular complexity index is 735. The standard InChI is InChI=1S/C15H20N2O4S/c1-11(12-6-8-20-9-7-12)17-22(18,19)10-14-13-4-2-3-5-15(13)21-16-14/h2-5,11-12,17H,6-10H2,1H3. The van der Waals surface area contributed by atoms with Crippen LogP contribution in [0.15, 0.2) is 28.8 Å². The summed E-state index contributed by atoms with van der Waals surface area (Å²) in [6.07, 6.45) is 1.77. The largest absolute Gasteiger partial charge is 0.381 e. The summed E-state index contributed by atoms with van der Waals surface area (Å²) < 4.78 is 38.0. The van der Waals surface area contributed by atoms with Crippen molar-refractivity contribution in [3.8, 4) is 0 Å². The molecule has 0 bridgehead atoms. The van der Waals surface area contributed by atoms with Crippen LogP contribution in [0.25, 0.3) is 11.0 Å². The highest BCUT2D eigenvalue weighted by Crippen LogP contribution is 2.22. The lowest BCUT2D eigenvalue weighted by Gasteiger charge is -2.28. The number of sulfonamides is 1. The molecule has 0 amide bonds. The highest BCUT2D eigenvalue weighted by atomic mass is 32.2. The molecule has 0 saturated carbocycles. The molecule has 1 aromatic heterocycles. The van der Waals surface area contributed by atoms with E-state index in [1.807, 2.05) is 25.1 Å². The number of hydrogen-bond acceptors (Lipinski definition) is 5. The number of benzene rings is 1.